The normalized spacial score (nSPS) is 11.9. The zero-order chi connectivity index (χ0) is 20.1. The maximum Gasteiger partial charge on any atom is 0.278 e. The van der Waals surface area contributed by atoms with Crippen LogP contribution in [-0.2, 0) is 11.9 Å². The SMILES string of the molecule is CSc1ccc(Nc2c(C(=O)NOC[C@H](C)O)cc(C)c(=O)n2C)c(F)c1. The molecule has 0 spiro atoms. The average Bonchev–Trinajstić information content (AvgIpc) is 2.62. The highest BCUT2D eigenvalue weighted by atomic mass is 32.2. The van der Waals surface area contributed by atoms with E-state index in [0.717, 1.165) is 4.90 Å². The fourth-order valence-corrected chi connectivity index (χ4v) is 2.78. The number of aromatic nitrogens is 1. The van der Waals surface area contributed by atoms with Gasteiger partial charge in [0, 0.05) is 17.5 Å². The molecular weight excluding hydrogens is 373 g/mol. The third kappa shape index (κ3) is 5.09. The van der Waals surface area contributed by atoms with Crippen molar-refractivity contribution < 1.29 is 19.1 Å². The molecule has 7 nitrogen and oxygen atoms in total. The summed E-state index contributed by atoms with van der Waals surface area (Å²) in [6.45, 7) is 2.99. The van der Waals surface area contributed by atoms with Gasteiger partial charge in [-0.2, -0.15) is 0 Å². The molecule has 1 atom stereocenters. The maximum absolute atomic E-state index is 14.3. The number of aryl methyl sites for hydroxylation is 1. The Kier molecular flexibility index (Phi) is 7.00. The molecule has 27 heavy (non-hydrogen) atoms. The summed E-state index contributed by atoms with van der Waals surface area (Å²) in [5.41, 5.74) is 2.48. The number of nitrogens with one attached hydrogen (secondary N) is 2. The molecular formula is C18H22FN3O4S. The van der Waals surface area contributed by atoms with Crippen molar-refractivity contribution in [1.82, 2.24) is 10.0 Å². The zero-order valence-corrected chi connectivity index (χ0v) is 16.3. The van der Waals surface area contributed by atoms with E-state index in [4.69, 9.17) is 4.84 Å². The molecule has 3 N–H and O–H groups in total. The van der Waals surface area contributed by atoms with Crippen molar-refractivity contribution in [3.8, 4) is 0 Å². The van der Waals surface area contributed by atoms with Gasteiger partial charge in [0.25, 0.3) is 11.5 Å². The van der Waals surface area contributed by atoms with Crippen LogP contribution in [0.2, 0.25) is 0 Å². The van der Waals surface area contributed by atoms with Crippen molar-refractivity contribution in [3.05, 3.63) is 51.6 Å². The summed E-state index contributed by atoms with van der Waals surface area (Å²) >= 11 is 1.40. The van der Waals surface area contributed by atoms with Gasteiger partial charge in [0.05, 0.1) is 17.4 Å². The van der Waals surface area contributed by atoms with Gasteiger partial charge in [0.2, 0.25) is 0 Å². The molecule has 0 radical (unpaired) electrons. The lowest BCUT2D eigenvalue weighted by Crippen LogP contribution is -2.31. The monoisotopic (exact) mass is 395 g/mol. The maximum atomic E-state index is 14.3. The molecule has 0 saturated heterocycles. The topological polar surface area (TPSA) is 92.6 Å². The van der Waals surface area contributed by atoms with Crippen LogP contribution in [0.4, 0.5) is 15.9 Å². The summed E-state index contributed by atoms with van der Waals surface area (Å²) in [5, 5.41) is 12.0. The summed E-state index contributed by atoms with van der Waals surface area (Å²) in [5.74, 6) is -1.01. The fraction of sp³-hybridized carbons (Fsp3) is 0.333. The van der Waals surface area contributed by atoms with Crippen molar-refractivity contribution in [2.75, 3.05) is 18.2 Å². The van der Waals surface area contributed by atoms with Gasteiger partial charge in [-0.1, -0.05) is 0 Å². The van der Waals surface area contributed by atoms with Crippen molar-refractivity contribution in [3.63, 3.8) is 0 Å². The zero-order valence-electron chi connectivity index (χ0n) is 15.5. The van der Waals surface area contributed by atoms with Gasteiger partial charge in [-0.15, -0.1) is 11.8 Å². The van der Waals surface area contributed by atoms with E-state index in [-0.39, 0.29) is 29.2 Å². The number of carbonyl (C=O) groups is 1. The number of aliphatic hydroxyl groups is 1. The van der Waals surface area contributed by atoms with Crippen LogP contribution in [0.3, 0.4) is 0 Å². The summed E-state index contributed by atoms with van der Waals surface area (Å²) < 4.78 is 15.6. The molecule has 0 saturated carbocycles. The number of halogens is 1. The Morgan fingerprint density at radius 1 is 1.41 bits per heavy atom. The van der Waals surface area contributed by atoms with Gasteiger partial charge >= 0.3 is 0 Å². The van der Waals surface area contributed by atoms with E-state index in [1.54, 1.807) is 13.0 Å². The van der Waals surface area contributed by atoms with Crippen molar-refractivity contribution in [2.45, 2.75) is 24.8 Å². The van der Waals surface area contributed by atoms with Crippen molar-refractivity contribution in [2.24, 2.45) is 7.05 Å². The van der Waals surface area contributed by atoms with E-state index < -0.39 is 17.8 Å². The Bertz CT molecular complexity index is 899. The van der Waals surface area contributed by atoms with Crippen molar-refractivity contribution >= 4 is 29.2 Å². The molecule has 0 unspecified atom stereocenters. The van der Waals surface area contributed by atoms with Gasteiger partial charge in [-0.25, -0.2) is 9.87 Å². The highest BCUT2D eigenvalue weighted by Gasteiger charge is 2.19. The number of aliphatic hydroxyl groups excluding tert-OH is 1. The average molecular weight is 395 g/mol. The first-order valence-corrected chi connectivity index (χ1v) is 9.38. The Labute approximate surface area is 160 Å². The second-order valence-electron chi connectivity index (χ2n) is 6.02. The highest BCUT2D eigenvalue weighted by Crippen LogP contribution is 2.26. The van der Waals surface area contributed by atoms with Crippen LogP contribution in [-0.4, -0.2) is 34.5 Å². The fourth-order valence-electron chi connectivity index (χ4n) is 2.35. The predicted molar refractivity (Wildman–Crippen MR) is 103 cm³/mol. The van der Waals surface area contributed by atoms with E-state index >= 15 is 0 Å². The van der Waals surface area contributed by atoms with Crippen LogP contribution < -0.4 is 16.4 Å². The van der Waals surface area contributed by atoms with E-state index in [2.05, 4.69) is 10.8 Å². The smallest absolute Gasteiger partial charge is 0.278 e. The second-order valence-corrected chi connectivity index (χ2v) is 6.90. The van der Waals surface area contributed by atoms with Crippen LogP contribution >= 0.6 is 11.8 Å². The number of hydrogen-bond acceptors (Lipinski definition) is 6. The number of pyridine rings is 1. The quantitative estimate of drug-likeness (QED) is 0.492. The largest absolute Gasteiger partial charge is 0.391 e. The van der Waals surface area contributed by atoms with Gasteiger partial charge in [0.1, 0.15) is 18.2 Å². The number of thioether (sulfide) groups is 1. The lowest BCUT2D eigenvalue weighted by atomic mass is 10.1. The minimum Gasteiger partial charge on any atom is -0.391 e. The standard InChI is InChI=1S/C18H22FN3O4S/c1-10-7-13(17(24)21-26-9-11(2)23)16(22(3)18(10)25)20-15-6-5-12(27-4)8-14(15)19/h5-8,11,20,23H,9H2,1-4H3,(H,21,24)/t11-/m0/s1. The second kappa shape index (κ2) is 9.03. The summed E-state index contributed by atoms with van der Waals surface area (Å²) in [4.78, 5) is 30.4. The van der Waals surface area contributed by atoms with E-state index in [9.17, 15) is 19.1 Å². The van der Waals surface area contributed by atoms with E-state index in [0.29, 0.717) is 5.56 Å². The molecule has 2 rings (SSSR count). The molecule has 1 aromatic carbocycles. The van der Waals surface area contributed by atoms with Gasteiger partial charge in [0.15, 0.2) is 0 Å². The molecule has 1 amide bonds. The summed E-state index contributed by atoms with van der Waals surface area (Å²) in [6, 6.07) is 6.04. The third-order valence-corrected chi connectivity index (χ3v) is 4.48. The van der Waals surface area contributed by atoms with Crippen molar-refractivity contribution in [1.29, 1.82) is 0 Å². The molecule has 0 aliphatic rings. The number of rotatable bonds is 7. The van der Waals surface area contributed by atoms with Crippen LogP contribution in [0.5, 0.6) is 0 Å². The molecule has 146 valence electrons. The number of amides is 1. The Hall–Kier alpha value is -2.36. The first kappa shape index (κ1) is 20.9. The predicted octanol–water partition coefficient (Wildman–Crippen LogP) is 2.34. The van der Waals surface area contributed by atoms with Crippen LogP contribution in [0.25, 0.3) is 0 Å². The molecule has 0 bridgehead atoms. The van der Waals surface area contributed by atoms with Gasteiger partial charge < -0.3 is 10.4 Å². The molecule has 1 heterocycles. The molecule has 9 heteroatoms. The molecule has 1 aromatic heterocycles. The summed E-state index contributed by atoms with van der Waals surface area (Å²) in [7, 11) is 1.49. The molecule has 0 aliphatic heterocycles. The van der Waals surface area contributed by atoms with Gasteiger partial charge in [-0.05, 0) is 44.4 Å². The Balaban J connectivity index is 2.41. The lowest BCUT2D eigenvalue weighted by molar-refractivity contribution is -0.00685. The van der Waals surface area contributed by atoms with Gasteiger partial charge in [-0.3, -0.25) is 19.0 Å². The summed E-state index contributed by atoms with van der Waals surface area (Å²) in [6.07, 6.45) is 1.08. The minimum absolute atomic E-state index is 0.0932. The molecule has 2 aromatic rings. The minimum atomic E-state index is -0.756. The highest BCUT2D eigenvalue weighted by molar-refractivity contribution is 7.98. The first-order chi connectivity index (χ1) is 12.7. The van der Waals surface area contributed by atoms with E-state index in [1.807, 2.05) is 6.26 Å². The van der Waals surface area contributed by atoms with E-state index in [1.165, 1.54) is 48.5 Å². The molecule has 0 aliphatic carbocycles. The lowest BCUT2D eigenvalue weighted by Gasteiger charge is -2.17. The number of benzene rings is 1. The third-order valence-electron chi connectivity index (χ3n) is 3.76. The number of anilines is 2. The van der Waals surface area contributed by atoms with Crippen LogP contribution in [0.15, 0.2) is 34.0 Å². The Morgan fingerprint density at radius 2 is 2.11 bits per heavy atom. The number of nitrogens with zero attached hydrogens (tertiary/aromatic N) is 1. The first-order valence-electron chi connectivity index (χ1n) is 8.16. The number of hydroxylamine groups is 1. The van der Waals surface area contributed by atoms with Crippen LogP contribution in [0, 0.1) is 12.7 Å². The number of hydrogen-bond donors (Lipinski definition) is 3. The molecule has 0 fully saturated rings. The number of carbonyl (C=O) groups excluding carboxylic acids is 1. The van der Waals surface area contributed by atoms with Crippen LogP contribution in [0.1, 0.15) is 22.8 Å². The Morgan fingerprint density at radius 3 is 2.70 bits per heavy atom.